The molecule has 0 spiro atoms. The first-order chi connectivity index (χ1) is 6.50. The molecule has 1 rings (SSSR count). The van der Waals surface area contributed by atoms with Gasteiger partial charge in [0, 0.05) is 11.8 Å². The van der Waals surface area contributed by atoms with Crippen molar-refractivity contribution >= 4 is 28.3 Å². The van der Waals surface area contributed by atoms with Crippen LogP contribution in [0.2, 0.25) is 0 Å². The fourth-order valence-corrected chi connectivity index (χ4v) is 2.03. The van der Waals surface area contributed by atoms with Gasteiger partial charge in [-0.15, -0.1) is 0 Å². The lowest BCUT2D eigenvalue weighted by Crippen LogP contribution is -1.98. The van der Waals surface area contributed by atoms with Gasteiger partial charge >= 0.3 is 0 Å². The average molecular weight is 209 g/mol. The highest BCUT2D eigenvalue weighted by molar-refractivity contribution is 7.90. The van der Waals surface area contributed by atoms with Gasteiger partial charge in [0.25, 0.3) is 0 Å². The summed E-state index contributed by atoms with van der Waals surface area (Å²) >= 11 is 0. The molecule has 0 heterocycles. The Hall–Kier alpha value is -1.42. The largest absolute Gasteiger partial charge is 0.263 e. The molecule has 0 amide bonds. The summed E-state index contributed by atoms with van der Waals surface area (Å²) in [5.41, 5.74) is 1.04. The van der Waals surface area contributed by atoms with Gasteiger partial charge in [0.1, 0.15) is 0 Å². The van der Waals surface area contributed by atoms with Gasteiger partial charge in [-0.25, -0.2) is 8.42 Å². The molecule has 0 aliphatic rings. The number of benzene rings is 1. The van der Waals surface area contributed by atoms with Crippen LogP contribution in [0, 0.1) is 0 Å². The standard InChI is InChI=1S/C10H11NO2S/c1-4-8-6-5-7-9(10(8)11-2)14(3,12)13/h4-7H,1-2H2,3H3. The second-order valence-corrected chi connectivity index (χ2v) is 4.81. The van der Waals surface area contributed by atoms with Crippen LogP contribution >= 0.6 is 0 Å². The van der Waals surface area contributed by atoms with E-state index in [4.69, 9.17) is 0 Å². The van der Waals surface area contributed by atoms with Gasteiger partial charge in [0.05, 0.1) is 10.6 Å². The van der Waals surface area contributed by atoms with Gasteiger partial charge < -0.3 is 0 Å². The first kappa shape index (κ1) is 10.7. The normalized spacial score (nSPS) is 10.9. The third-order valence-corrected chi connectivity index (χ3v) is 2.94. The van der Waals surface area contributed by atoms with Crippen molar-refractivity contribution in [3.05, 3.63) is 30.3 Å². The van der Waals surface area contributed by atoms with E-state index in [1.807, 2.05) is 0 Å². The summed E-state index contributed by atoms with van der Waals surface area (Å²) in [6.45, 7) is 6.93. The molecule has 0 radical (unpaired) electrons. The maximum Gasteiger partial charge on any atom is 0.177 e. The zero-order chi connectivity index (χ0) is 10.8. The maximum absolute atomic E-state index is 11.4. The highest BCUT2D eigenvalue weighted by Crippen LogP contribution is 2.28. The van der Waals surface area contributed by atoms with Crippen molar-refractivity contribution < 1.29 is 8.42 Å². The molecule has 3 nitrogen and oxygen atoms in total. The topological polar surface area (TPSA) is 46.5 Å². The van der Waals surface area contributed by atoms with Crippen LogP contribution in [0.4, 0.5) is 5.69 Å². The van der Waals surface area contributed by atoms with Crippen LogP contribution in [0.1, 0.15) is 5.56 Å². The molecule has 0 aromatic heterocycles. The predicted octanol–water partition coefficient (Wildman–Crippen LogP) is 2.07. The maximum atomic E-state index is 11.4. The SMILES string of the molecule is C=Cc1cccc(S(C)(=O)=O)c1N=C. The minimum Gasteiger partial charge on any atom is -0.263 e. The lowest BCUT2D eigenvalue weighted by molar-refractivity contribution is 0.602. The molecular formula is C10H11NO2S. The van der Waals surface area contributed by atoms with Crippen LogP contribution in [0.3, 0.4) is 0 Å². The van der Waals surface area contributed by atoms with Crippen LogP contribution in [-0.4, -0.2) is 21.4 Å². The second kappa shape index (κ2) is 3.75. The monoisotopic (exact) mass is 209 g/mol. The molecule has 0 unspecified atom stereocenters. The minimum absolute atomic E-state index is 0.185. The molecule has 0 aliphatic carbocycles. The number of sulfone groups is 1. The Morgan fingerprint density at radius 2 is 2.07 bits per heavy atom. The molecule has 0 N–H and O–H groups in total. The summed E-state index contributed by atoms with van der Waals surface area (Å²) in [6, 6.07) is 4.90. The molecule has 0 fully saturated rings. The molecule has 14 heavy (non-hydrogen) atoms. The molecule has 0 saturated heterocycles. The fourth-order valence-electron chi connectivity index (χ4n) is 1.17. The summed E-state index contributed by atoms with van der Waals surface area (Å²) in [5, 5.41) is 0. The predicted molar refractivity (Wildman–Crippen MR) is 58.9 cm³/mol. The summed E-state index contributed by atoms with van der Waals surface area (Å²) in [5.74, 6) is 0. The van der Waals surface area contributed by atoms with Crippen molar-refractivity contribution in [1.29, 1.82) is 0 Å². The van der Waals surface area contributed by atoms with E-state index >= 15 is 0 Å². The summed E-state index contributed by atoms with van der Waals surface area (Å²) in [7, 11) is -3.26. The summed E-state index contributed by atoms with van der Waals surface area (Å²) in [6.07, 6.45) is 2.70. The highest BCUT2D eigenvalue weighted by atomic mass is 32.2. The van der Waals surface area contributed by atoms with E-state index in [1.165, 1.54) is 6.07 Å². The second-order valence-electron chi connectivity index (χ2n) is 2.83. The van der Waals surface area contributed by atoms with E-state index in [0.29, 0.717) is 11.3 Å². The third kappa shape index (κ3) is 1.90. The Kier molecular flexibility index (Phi) is 2.86. The van der Waals surface area contributed by atoms with Gasteiger partial charge in [0.15, 0.2) is 9.84 Å². The number of hydrogen-bond donors (Lipinski definition) is 0. The van der Waals surface area contributed by atoms with E-state index in [0.717, 1.165) is 6.26 Å². The van der Waals surface area contributed by atoms with Gasteiger partial charge in [-0.3, -0.25) is 4.99 Å². The molecule has 0 bridgehead atoms. The van der Waals surface area contributed by atoms with Crippen LogP contribution in [0.5, 0.6) is 0 Å². The van der Waals surface area contributed by atoms with E-state index in [2.05, 4.69) is 18.3 Å². The number of rotatable bonds is 3. The van der Waals surface area contributed by atoms with Crippen molar-refractivity contribution in [3.63, 3.8) is 0 Å². The third-order valence-electron chi connectivity index (χ3n) is 1.81. The van der Waals surface area contributed by atoms with Crippen molar-refractivity contribution in [2.75, 3.05) is 6.26 Å². The van der Waals surface area contributed by atoms with E-state index in [9.17, 15) is 8.42 Å². The Morgan fingerprint density at radius 3 is 2.50 bits per heavy atom. The molecule has 74 valence electrons. The van der Waals surface area contributed by atoms with Crippen molar-refractivity contribution in [2.45, 2.75) is 4.90 Å². The van der Waals surface area contributed by atoms with Crippen molar-refractivity contribution in [1.82, 2.24) is 0 Å². The minimum atomic E-state index is -3.26. The Bertz CT molecular complexity index is 475. The van der Waals surface area contributed by atoms with Crippen molar-refractivity contribution in [3.8, 4) is 0 Å². The van der Waals surface area contributed by atoms with Crippen LogP contribution in [0.25, 0.3) is 6.08 Å². The number of aliphatic imine (C=N–C) groups is 1. The lowest BCUT2D eigenvalue weighted by Gasteiger charge is -2.05. The van der Waals surface area contributed by atoms with E-state index in [1.54, 1.807) is 18.2 Å². The van der Waals surface area contributed by atoms with Gasteiger partial charge in [-0.2, -0.15) is 0 Å². The van der Waals surface area contributed by atoms with Gasteiger partial charge in [-0.1, -0.05) is 24.8 Å². The summed E-state index contributed by atoms with van der Waals surface area (Å²) in [4.78, 5) is 3.89. The number of nitrogens with zero attached hydrogens (tertiary/aromatic N) is 1. The molecule has 0 saturated carbocycles. The van der Waals surface area contributed by atoms with E-state index < -0.39 is 9.84 Å². The molecule has 1 aromatic rings. The summed E-state index contributed by atoms with van der Waals surface area (Å²) < 4.78 is 22.7. The quantitative estimate of drug-likeness (QED) is 0.715. The first-order valence-electron chi connectivity index (χ1n) is 3.93. The Balaban J connectivity index is 3.61. The Labute approximate surface area is 83.7 Å². The molecule has 1 aromatic carbocycles. The molecule has 0 atom stereocenters. The number of hydrogen-bond acceptors (Lipinski definition) is 3. The van der Waals surface area contributed by atoms with E-state index in [-0.39, 0.29) is 4.90 Å². The molecular weight excluding hydrogens is 198 g/mol. The molecule has 4 heteroatoms. The zero-order valence-corrected chi connectivity index (χ0v) is 8.71. The van der Waals surface area contributed by atoms with Gasteiger partial charge in [0.2, 0.25) is 0 Å². The average Bonchev–Trinajstić information content (AvgIpc) is 2.15. The molecule has 0 aliphatic heterocycles. The van der Waals surface area contributed by atoms with Crippen LogP contribution in [-0.2, 0) is 9.84 Å². The van der Waals surface area contributed by atoms with Gasteiger partial charge in [-0.05, 0) is 12.8 Å². The van der Waals surface area contributed by atoms with Crippen LogP contribution in [0.15, 0.2) is 34.7 Å². The van der Waals surface area contributed by atoms with Crippen molar-refractivity contribution in [2.24, 2.45) is 4.99 Å². The van der Waals surface area contributed by atoms with Crippen LogP contribution < -0.4 is 0 Å². The smallest absolute Gasteiger partial charge is 0.177 e. The number of para-hydroxylation sites is 1. The lowest BCUT2D eigenvalue weighted by atomic mass is 10.2. The zero-order valence-electron chi connectivity index (χ0n) is 7.90. The fraction of sp³-hybridized carbons (Fsp3) is 0.100. The highest BCUT2D eigenvalue weighted by Gasteiger charge is 2.13. The Morgan fingerprint density at radius 1 is 1.43 bits per heavy atom. The first-order valence-corrected chi connectivity index (χ1v) is 5.82.